The SMILES string of the molecule is FC(F)C(F)(F)COc1cccc(CNCCc2c[nH]c3ccc(-c4ccccc4)cc23)c1. The first-order chi connectivity index (χ1) is 15.9. The molecule has 7 heteroatoms. The number of benzene rings is 3. The molecule has 172 valence electrons. The number of nitrogens with one attached hydrogen (secondary N) is 2. The van der Waals surface area contributed by atoms with Gasteiger partial charge in [-0.05, 0) is 59.5 Å². The molecule has 1 aromatic heterocycles. The standard InChI is InChI=1S/C26H24F4N2O/c27-25(28)26(29,30)17-33-22-8-4-5-18(13-22)15-31-12-11-21-16-32-24-10-9-20(14-23(21)24)19-6-2-1-3-7-19/h1-10,13-14,16,25,31-32H,11-12,15,17H2. The molecule has 0 aliphatic rings. The third-order valence-electron chi connectivity index (χ3n) is 5.42. The maximum Gasteiger partial charge on any atom is 0.340 e. The van der Waals surface area contributed by atoms with Gasteiger partial charge in [-0.2, -0.15) is 8.78 Å². The third-order valence-corrected chi connectivity index (χ3v) is 5.42. The maximum atomic E-state index is 13.1. The van der Waals surface area contributed by atoms with E-state index < -0.39 is 19.0 Å². The van der Waals surface area contributed by atoms with Gasteiger partial charge in [-0.3, -0.25) is 0 Å². The van der Waals surface area contributed by atoms with E-state index >= 15 is 0 Å². The average Bonchev–Trinajstić information content (AvgIpc) is 3.23. The molecule has 2 N–H and O–H groups in total. The minimum absolute atomic E-state index is 0.139. The Morgan fingerprint density at radius 2 is 1.73 bits per heavy atom. The van der Waals surface area contributed by atoms with E-state index in [1.807, 2.05) is 30.5 Å². The summed E-state index contributed by atoms with van der Waals surface area (Å²) in [5, 5.41) is 4.51. The van der Waals surface area contributed by atoms with E-state index in [0.29, 0.717) is 13.1 Å². The highest BCUT2D eigenvalue weighted by atomic mass is 19.3. The minimum Gasteiger partial charge on any atom is -0.487 e. The van der Waals surface area contributed by atoms with Crippen molar-refractivity contribution in [3.8, 4) is 16.9 Å². The lowest BCUT2D eigenvalue weighted by molar-refractivity contribution is -0.148. The van der Waals surface area contributed by atoms with Crippen LogP contribution in [-0.4, -0.2) is 30.5 Å². The Hall–Kier alpha value is -3.32. The molecule has 0 saturated carbocycles. The van der Waals surface area contributed by atoms with Crippen LogP contribution in [0.25, 0.3) is 22.0 Å². The summed E-state index contributed by atoms with van der Waals surface area (Å²) in [6.07, 6.45) is -0.941. The summed E-state index contributed by atoms with van der Waals surface area (Å²) < 4.78 is 55.5. The lowest BCUT2D eigenvalue weighted by atomic mass is 10.0. The van der Waals surface area contributed by atoms with Gasteiger partial charge in [0, 0.05) is 23.6 Å². The highest BCUT2D eigenvalue weighted by Crippen LogP contribution is 2.27. The Bertz CT molecular complexity index is 1190. The second-order valence-corrected chi connectivity index (χ2v) is 7.86. The largest absolute Gasteiger partial charge is 0.487 e. The van der Waals surface area contributed by atoms with Crippen LogP contribution in [0.3, 0.4) is 0 Å². The first kappa shape index (κ1) is 22.9. The summed E-state index contributed by atoms with van der Waals surface area (Å²) in [4.78, 5) is 3.31. The fraction of sp³-hybridized carbons (Fsp3) is 0.231. The molecule has 4 aromatic rings. The van der Waals surface area contributed by atoms with Gasteiger partial charge < -0.3 is 15.0 Å². The number of fused-ring (bicyclic) bond motifs is 1. The second-order valence-electron chi connectivity index (χ2n) is 7.86. The molecule has 4 rings (SSSR count). The van der Waals surface area contributed by atoms with Crippen molar-refractivity contribution < 1.29 is 22.3 Å². The number of H-pyrrole nitrogens is 1. The molecule has 0 aliphatic carbocycles. The zero-order chi connectivity index (χ0) is 23.3. The molecule has 0 unspecified atom stereocenters. The summed E-state index contributed by atoms with van der Waals surface area (Å²) in [6.45, 7) is -0.149. The highest BCUT2D eigenvalue weighted by Gasteiger charge is 2.41. The Labute approximate surface area is 189 Å². The quantitative estimate of drug-likeness (QED) is 0.213. The molecular weight excluding hydrogens is 432 g/mol. The predicted octanol–water partition coefficient (Wildman–Crippen LogP) is 6.45. The van der Waals surface area contributed by atoms with Crippen LogP contribution in [0.15, 0.2) is 79.0 Å². The Morgan fingerprint density at radius 1 is 0.909 bits per heavy atom. The topological polar surface area (TPSA) is 37.0 Å². The zero-order valence-electron chi connectivity index (χ0n) is 17.8. The molecule has 0 radical (unpaired) electrons. The third kappa shape index (κ3) is 5.73. The van der Waals surface area contributed by atoms with Crippen molar-refractivity contribution in [2.75, 3.05) is 13.2 Å². The van der Waals surface area contributed by atoms with E-state index in [0.717, 1.165) is 28.6 Å². The van der Waals surface area contributed by atoms with E-state index in [2.05, 4.69) is 40.6 Å². The molecule has 1 heterocycles. The summed E-state index contributed by atoms with van der Waals surface area (Å²) >= 11 is 0. The van der Waals surface area contributed by atoms with Crippen LogP contribution in [0.5, 0.6) is 5.75 Å². The number of alkyl halides is 4. The van der Waals surface area contributed by atoms with E-state index in [4.69, 9.17) is 4.74 Å². The molecule has 0 aliphatic heterocycles. The normalized spacial score (nSPS) is 11.9. The van der Waals surface area contributed by atoms with Crippen LogP contribution >= 0.6 is 0 Å². The fourth-order valence-electron chi connectivity index (χ4n) is 3.64. The highest BCUT2D eigenvalue weighted by molar-refractivity contribution is 5.88. The van der Waals surface area contributed by atoms with E-state index in [1.54, 1.807) is 12.1 Å². The van der Waals surface area contributed by atoms with E-state index in [1.165, 1.54) is 17.0 Å². The molecule has 0 saturated heterocycles. The van der Waals surface area contributed by atoms with Gasteiger partial charge in [-0.1, -0.05) is 48.5 Å². The van der Waals surface area contributed by atoms with Gasteiger partial charge in [0.15, 0.2) is 6.61 Å². The Morgan fingerprint density at radius 3 is 2.52 bits per heavy atom. The molecule has 0 atom stereocenters. The van der Waals surface area contributed by atoms with Crippen LogP contribution < -0.4 is 10.1 Å². The molecule has 0 bridgehead atoms. The Kier molecular flexibility index (Phi) is 6.99. The lowest BCUT2D eigenvalue weighted by Gasteiger charge is -2.16. The summed E-state index contributed by atoms with van der Waals surface area (Å²) in [6, 6.07) is 23.1. The van der Waals surface area contributed by atoms with Crippen LogP contribution in [0.2, 0.25) is 0 Å². The first-order valence-corrected chi connectivity index (χ1v) is 10.7. The number of hydrogen-bond donors (Lipinski definition) is 2. The van der Waals surface area contributed by atoms with Crippen molar-refractivity contribution in [3.63, 3.8) is 0 Å². The van der Waals surface area contributed by atoms with Gasteiger partial charge >= 0.3 is 12.3 Å². The lowest BCUT2D eigenvalue weighted by Crippen LogP contribution is -2.33. The minimum atomic E-state index is -4.17. The van der Waals surface area contributed by atoms with E-state index in [9.17, 15) is 17.6 Å². The smallest absolute Gasteiger partial charge is 0.340 e. The van der Waals surface area contributed by atoms with Crippen LogP contribution in [-0.2, 0) is 13.0 Å². The average molecular weight is 456 g/mol. The fourth-order valence-corrected chi connectivity index (χ4v) is 3.64. The van der Waals surface area contributed by atoms with Crippen molar-refractivity contribution in [1.82, 2.24) is 10.3 Å². The maximum absolute atomic E-state index is 13.1. The van der Waals surface area contributed by atoms with Crippen LogP contribution in [0.1, 0.15) is 11.1 Å². The van der Waals surface area contributed by atoms with E-state index in [-0.39, 0.29) is 5.75 Å². The molecule has 0 spiro atoms. The molecule has 3 nitrogen and oxygen atoms in total. The van der Waals surface area contributed by atoms with Crippen molar-refractivity contribution in [2.45, 2.75) is 25.3 Å². The first-order valence-electron chi connectivity index (χ1n) is 10.7. The summed E-state index contributed by atoms with van der Waals surface area (Å²) in [5.41, 5.74) is 5.42. The van der Waals surface area contributed by atoms with Gasteiger partial charge in [0.1, 0.15) is 5.75 Å². The van der Waals surface area contributed by atoms with Crippen molar-refractivity contribution in [3.05, 3.63) is 90.1 Å². The van der Waals surface area contributed by atoms with Crippen LogP contribution in [0.4, 0.5) is 17.6 Å². The number of aromatic nitrogens is 1. The number of aromatic amines is 1. The van der Waals surface area contributed by atoms with Crippen molar-refractivity contribution >= 4 is 10.9 Å². The number of halogens is 4. The number of ether oxygens (including phenoxy) is 1. The van der Waals surface area contributed by atoms with Crippen LogP contribution in [0, 0.1) is 0 Å². The van der Waals surface area contributed by atoms with Gasteiger partial charge in [-0.15, -0.1) is 0 Å². The van der Waals surface area contributed by atoms with Crippen molar-refractivity contribution in [2.24, 2.45) is 0 Å². The molecule has 3 aromatic carbocycles. The summed E-state index contributed by atoms with van der Waals surface area (Å²) in [7, 11) is 0. The number of rotatable bonds is 10. The van der Waals surface area contributed by atoms with Gasteiger partial charge in [0.2, 0.25) is 0 Å². The zero-order valence-corrected chi connectivity index (χ0v) is 17.8. The van der Waals surface area contributed by atoms with Gasteiger partial charge in [0.05, 0.1) is 0 Å². The van der Waals surface area contributed by atoms with Crippen molar-refractivity contribution in [1.29, 1.82) is 0 Å². The molecular formula is C26H24F4N2O. The Balaban J connectivity index is 1.33. The number of hydrogen-bond acceptors (Lipinski definition) is 2. The predicted molar refractivity (Wildman–Crippen MR) is 122 cm³/mol. The molecule has 0 amide bonds. The summed E-state index contributed by atoms with van der Waals surface area (Å²) in [5.74, 6) is -4.03. The molecule has 33 heavy (non-hydrogen) atoms. The monoisotopic (exact) mass is 456 g/mol. The second kappa shape index (κ2) is 10.1. The van der Waals surface area contributed by atoms with Gasteiger partial charge in [0.25, 0.3) is 0 Å². The van der Waals surface area contributed by atoms with Gasteiger partial charge in [-0.25, -0.2) is 8.78 Å². The molecule has 0 fully saturated rings.